The average Bonchev–Trinajstić information content (AvgIpc) is 2.98. The Morgan fingerprint density at radius 3 is 2.78 bits per heavy atom. The van der Waals surface area contributed by atoms with Gasteiger partial charge in [0.2, 0.25) is 0 Å². The van der Waals surface area contributed by atoms with Gasteiger partial charge in [0.1, 0.15) is 18.4 Å². The van der Waals surface area contributed by atoms with Crippen LogP contribution in [0.4, 0.5) is 0 Å². The molecule has 0 heterocycles. The normalized spacial score (nSPS) is 19.1. The van der Waals surface area contributed by atoms with Gasteiger partial charge in [-0.3, -0.25) is 0 Å². The highest BCUT2D eigenvalue weighted by atomic mass is 16.5. The molecule has 0 fully saturated rings. The summed E-state index contributed by atoms with van der Waals surface area (Å²) in [4.78, 5) is 0. The molecule has 0 aromatic heterocycles. The van der Waals surface area contributed by atoms with Gasteiger partial charge in [0.05, 0.1) is 17.7 Å². The maximum atomic E-state index is 9.92. The van der Waals surface area contributed by atoms with Crippen molar-refractivity contribution in [2.45, 2.75) is 18.4 Å². The highest BCUT2D eigenvalue weighted by molar-refractivity contribution is 5.42. The third-order valence-corrected chi connectivity index (χ3v) is 4.45. The number of benzene rings is 2. The zero-order valence-corrected chi connectivity index (χ0v) is 13.0. The smallest absolute Gasteiger partial charge is 0.137 e. The van der Waals surface area contributed by atoms with Gasteiger partial charge in [0.15, 0.2) is 0 Å². The Morgan fingerprint density at radius 1 is 1.17 bits per heavy atom. The lowest BCUT2D eigenvalue weighted by molar-refractivity contribution is 0.153. The van der Waals surface area contributed by atoms with Crippen LogP contribution in [0, 0.1) is 11.3 Å². The number of aliphatic hydroxyl groups excluding tert-OH is 1. The Hall–Kier alpha value is -2.35. The Morgan fingerprint density at radius 2 is 1.96 bits per heavy atom. The van der Waals surface area contributed by atoms with E-state index in [1.807, 2.05) is 24.3 Å². The van der Waals surface area contributed by atoms with Gasteiger partial charge in [-0.2, -0.15) is 5.26 Å². The second kappa shape index (κ2) is 6.82. The highest BCUT2D eigenvalue weighted by Gasteiger charge is 2.37. The SMILES string of the molecule is N#Cc1ccccc1OCCNC1(CO)CCc2ccccc21. The quantitative estimate of drug-likeness (QED) is 0.804. The molecule has 23 heavy (non-hydrogen) atoms. The third kappa shape index (κ3) is 3.07. The number of rotatable bonds is 6. The fourth-order valence-corrected chi connectivity index (χ4v) is 3.23. The lowest BCUT2D eigenvalue weighted by Crippen LogP contribution is -2.45. The zero-order valence-electron chi connectivity index (χ0n) is 13.0. The summed E-state index contributed by atoms with van der Waals surface area (Å²) in [5.74, 6) is 0.599. The van der Waals surface area contributed by atoms with Crippen molar-refractivity contribution in [3.05, 3.63) is 65.2 Å². The van der Waals surface area contributed by atoms with Crippen LogP contribution in [0.2, 0.25) is 0 Å². The van der Waals surface area contributed by atoms with E-state index in [4.69, 9.17) is 10.00 Å². The molecular formula is C19H20N2O2. The standard InChI is InChI=1S/C19H20N2O2/c20-13-16-6-2-4-8-18(16)23-12-11-21-19(14-22)10-9-15-5-1-3-7-17(15)19/h1-8,21-22H,9-12,14H2. The minimum Gasteiger partial charge on any atom is -0.491 e. The molecule has 0 bridgehead atoms. The van der Waals surface area contributed by atoms with E-state index in [2.05, 4.69) is 23.5 Å². The third-order valence-electron chi connectivity index (χ3n) is 4.45. The summed E-state index contributed by atoms with van der Waals surface area (Å²) in [5, 5.41) is 22.4. The molecule has 2 aromatic carbocycles. The van der Waals surface area contributed by atoms with E-state index >= 15 is 0 Å². The summed E-state index contributed by atoms with van der Waals surface area (Å²) < 4.78 is 5.70. The molecule has 0 spiro atoms. The van der Waals surface area contributed by atoms with Gasteiger partial charge in [-0.05, 0) is 36.1 Å². The molecule has 0 radical (unpaired) electrons. The average molecular weight is 308 g/mol. The maximum absolute atomic E-state index is 9.92. The van der Waals surface area contributed by atoms with Crippen LogP contribution >= 0.6 is 0 Å². The van der Waals surface area contributed by atoms with Crippen molar-refractivity contribution >= 4 is 0 Å². The second-order valence-electron chi connectivity index (χ2n) is 5.78. The van der Waals surface area contributed by atoms with E-state index < -0.39 is 0 Å². The molecule has 1 unspecified atom stereocenters. The molecule has 118 valence electrons. The molecule has 0 aliphatic heterocycles. The van der Waals surface area contributed by atoms with Crippen LogP contribution in [0.15, 0.2) is 48.5 Å². The summed E-state index contributed by atoms with van der Waals surface area (Å²) in [6, 6.07) is 17.6. The van der Waals surface area contributed by atoms with Crippen molar-refractivity contribution < 1.29 is 9.84 Å². The number of hydrogen-bond acceptors (Lipinski definition) is 4. The molecule has 2 N–H and O–H groups in total. The molecule has 1 aliphatic rings. The summed E-state index contributed by atoms with van der Waals surface area (Å²) in [7, 11) is 0. The van der Waals surface area contributed by atoms with Crippen molar-refractivity contribution in [1.82, 2.24) is 5.32 Å². The topological polar surface area (TPSA) is 65.3 Å². The second-order valence-corrected chi connectivity index (χ2v) is 5.78. The molecule has 4 heteroatoms. The monoisotopic (exact) mass is 308 g/mol. The number of aryl methyl sites for hydroxylation is 1. The van der Waals surface area contributed by atoms with Crippen molar-refractivity contribution in [3.63, 3.8) is 0 Å². The molecule has 4 nitrogen and oxygen atoms in total. The molecule has 3 rings (SSSR count). The van der Waals surface area contributed by atoms with Crippen molar-refractivity contribution in [3.8, 4) is 11.8 Å². The van der Waals surface area contributed by atoms with E-state index in [1.165, 1.54) is 11.1 Å². The van der Waals surface area contributed by atoms with E-state index in [0.717, 1.165) is 12.8 Å². The Balaban J connectivity index is 1.61. The van der Waals surface area contributed by atoms with Gasteiger partial charge >= 0.3 is 0 Å². The molecule has 0 amide bonds. The summed E-state index contributed by atoms with van der Waals surface area (Å²) in [6.07, 6.45) is 1.86. The lowest BCUT2D eigenvalue weighted by Gasteiger charge is -2.30. The molecule has 1 atom stereocenters. The van der Waals surface area contributed by atoms with E-state index in [0.29, 0.717) is 24.5 Å². The van der Waals surface area contributed by atoms with Gasteiger partial charge in [0.25, 0.3) is 0 Å². The van der Waals surface area contributed by atoms with Gasteiger partial charge in [-0.15, -0.1) is 0 Å². The van der Waals surface area contributed by atoms with Crippen LogP contribution in [0.3, 0.4) is 0 Å². The number of ether oxygens (including phenoxy) is 1. The van der Waals surface area contributed by atoms with Crippen LogP contribution in [0.5, 0.6) is 5.75 Å². The minimum atomic E-state index is -0.380. The molecule has 0 saturated carbocycles. The molecule has 0 saturated heterocycles. The van der Waals surface area contributed by atoms with Gasteiger partial charge in [-0.1, -0.05) is 36.4 Å². The molecular weight excluding hydrogens is 288 g/mol. The maximum Gasteiger partial charge on any atom is 0.137 e. The zero-order chi connectivity index (χ0) is 16.1. The Labute approximate surface area is 136 Å². The first-order chi connectivity index (χ1) is 11.3. The van der Waals surface area contributed by atoms with E-state index in [1.54, 1.807) is 12.1 Å². The first-order valence-electron chi connectivity index (χ1n) is 7.85. The van der Waals surface area contributed by atoms with Gasteiger partial charge in [0, 0.05) is 6.54 Å². The van der Waals surface area contributed by atoms with Gasteiger partial charge < -0.3 is 15.2 Å². The Kier molecular flexibility index (Phi) is 4.61. The molecule has 1 aliphatic carbocycles. The number of aliphatic hydroxyl groups is 1. The number of hydrogen-bond donors (Lipinski definition) is 2. The fourth-order valence-electron chi connectivity index (χ4n) is 3.23. The van der Waals surface area contributed by atoms with Crippen molar-refractivity contribution in [2.24, 2.45) is 0 Å². The summed E-state index contributed by atoms with van der Waals surface area (Å²) in [5.41, 5.74) is 2.63. The lowest BCUT2D eigenvalue weighted by atomic mass is 9.93. The summed E-state index contributed by atoms with van der Waals surface area (Å²) in [6.45, 7) is 1.12. The predicted octanol–water partition coefficient (Wildman–Crippen LogP) is 2.36. The van der Waals surface area contributed by atoms with E-state index in [-0.39, 0.29) is 12.1 Å². The van der Waals surface area contributed by atoms with Crippen molar-refractivity contribution in [1.29, 1.82) is 5.26 Å². The van der Waals surface area contributed by atoms with Crippen LogP contribution in [0.25, 0.3) is 0 Å². The Bertz CT molecular complexity index is 723. The van der Waals surface area contributed by atoms with E-state index in [9.17, 15) is 5.11 Å². The van der Waals surface area contributed by atoms with Crippen LogP contribution in [-0.4, -0.2) is 24.9 Å². The highest BCUT2D eigenvalue weighted by Crippen LogP contribution is 2.36. The first kappa shape index (κ1) is 15.5. The number of fused-ring (bicyclic) bond motifs is 1. The summed E-state index contributed by atoms with van der Waals surface area (Å²) >= 11 is 0. The minimum absolute atomic E-state index is 0.0682. The molecule has 2 aromatic rings. The fraction of sp³-hybridized carbons (Fsp3) is 0.316. The van der Waals surface area contributed by atoms with Crippen molar-refractivity contribution in [2.75, 3.05) is 19.8 Å². The number of nitrogens with zero attached hydrogens (tertiary/aromatic N) is 1. The van der Waals surface area contributed by atoms with Crippen LogP contribution in [0.1, 0.15) is 23.1 Å². The largest absolute Gasteiger partial charge is 0.491 e. The predicted molar refractivity (Wildman–Crippen MR) is 88.2 cm³/mol. The van der Waals surface area contributed by atoms with Crippen LogP contribution < -0.4 is 10.1 Å². The van der Waals surface area contributed by atoms with Crippen LogP contribution in [-0.2, 0) is 12.0 Å². The van der Waals surface area contributed by atoms with Gasteiger partial charge in [-0.25, -0.2) is 0 Å². The number of para-hydroxylation sites is 1. The number of nitrogens with one attached hydrogen (secondary N) is 1. The number of nitriles is 1. The first-order valence-corrected chi connectivity index (χ1v) is 7.85.